The summed E-state index contributed by atoms with van der Waals surface area (Å²) in [6, 6.07) is 5.01. The van der Waals surface area contributed by atoms with Crippen LogP contribution >= 0.6 is 11.6 Å². The number of pyridine rings is 1. The fourth-order valence-electron chi connectivity index (χ4n) is 0.858. The molecule has 14 heavy (non-hydrogen) atoms. The van der Waals surface area contributed by atoms with Crippen molar-refractivity contribution in [1.82, 2.24) is 4.98 Å². The van der Waals surface area contributed by atoms with E-state index in [-0.39, 0.29) is 5.15 Å². The molecule has 72 valence electrons. The quantitative estimate of drug-likeness (QED) is 0.434. The lowest BCUT2D eigenvalue weighted by Crippen LogP contribution is -1.98. The molecular weight excluding hydrogens is 200 g/mol. The highest BCUT2D eigenvalue weighted by molar-refractivity contribution is 6.29. The predicted octanol–water partition coefficient (Wildman–Crippen LogP) is 2.56. The largest absolute Gasteiger partial charge is 0.477 e. The van der Waals surface area contributed by atoms with Crippen LogP contribution < -0.4 is 4.74 Å². The third kappa shape index (κ3) is 3.08. The molecule has 0 unspecified atom stereocenters. The number of nitriles is 1. The van der Waals surface area contributed by atoms with E-state index in [0.29, 0.717) is 18.1 Å². The molecule has 0 bridgehead atoms. The zero-order valence-electron chi connectivity index (χ0n) is 7.53. The Balaban J connectivity index is 2.72. The van der Waals surface area contributed by atoms with Gasteiger partial charge in [-0.15, -0.1) is 6.58 Å². The molecule has 0 N–H and O–H groups in total. The molecule has 1 aromatic heterocycles. The number of nitrogens with zero attached hydrogens (tertiary/aromatic N) is 2. The molecule has 0 atom stereocenters. The van der Waals surface area contributed by atoms with Gasteiger partial charge >= 0.3 is 0 Å². The summed E-state index contributed by atoms with van der Waals surface area (Å²) in [6.07, 6.45) is 2.48. The summed E-state index contributed by atoms with van der Waals surface area (Å²) in [6.45, 7) is 4.05. The van der Waals surface area contributed by atoms with Gasteiger partial charge in [0.1, 0.15) is 5.15 Å². The maximum absolute atomic E-state index is 8.65. The van der Waals surface area contributed by atoms with Crippen molar-refractivity contribution in [3.05, 3.63) is 35.5 Å². The summed E-state index contributed by atoms with van der Waals surface area (Å²) in [7, 11) is 0. The van der Waals surface area contributed by atoms with Crippen molar-refractivity contribution >= 4 is 11.6 Å². The van der Waals surface area contributed by atoms with Gasteiger partial charge in [-0.05, 0) is 12.5 Å². The Morgan fingerprint density at radius 3 is 3.07 bits per heavy atom. The van der Waals surface area contributed by atoms with Gasteiger partial charge in [0.25, 0.3) is 0 Å². The molecular formula is C10H9ClN2O. The van der Waals surface area contributed by atoms with Crippen molar-refractivity contribution in [3.63, 3.8) is 0 Å². The minimum Gasteiger partial charge on any atom is -0.477 e. The minimum atomic E-state index is 0.262. The maximum atomic E-state index is 8.65. The number of halogens is 1. The van der Waals surface area contributed by atoms with E-state index < -0.39 is 0 Å². The van der Waals surface area contributed by atoms with Crippen molar-refractivity contribution < 1.29 is 4.74 Å². The van der Waals surface area contributed by atoms with Crippen molar-refractivity contribution in [2.45, 2.75) is 6.42 Å². The summed E-state index contributed by atoms with van der Waals surface area (Å²) in [5.74, 6) is 0.371. The molecule has 3 nitrogen and oxygen atoms in total. The molecule has 4 heteroatoms. The van der Waals surface area contributed by atoms with Crippen molar-refractivity contribution in [3.8, 4) is 11.9 Å². The van der Waals surface area contributed by atoms with E-state index >= 15 is 0 Å². The van der Waals surface area contributed by atoms with Gasteiger partial charge in [0.15, 0.2) is 0 Å². The van der Waals surface area contributed by atoms with E-state index in [9.17, 15) is 0 Å². The second kappa shape index (κ2) is 5.25. The first-order valence-electron chi connectivity index (χ1n) is 4.07. The molecule has 0 spiro atoms. The van der Waals surface area contributed by atoms with E-state index in [4.69, 9.17) is 21.6 Å². The van der Waals surface area contributed by atoms with Gasteiger partial charge in [0, 0.05) is 6.07 Å². The molecule has 1 rings (SSSR count). The van der Waals surface area contributed by atoms with Gasteiger partial charge < -0.3 is 4.74 Å². The highest BCUT2D eigenvalue weighted by atomic mass is 35.5. The minimum absolute atomic E-state index is 0.262. The molecule has 0 amide bonds. The Kier molecular flexibility index (Phi) is 3.96. The highest BCUT2D eigenvalue weighted by Crippen LogP contribution is 2.15. The molecule has 1 aromatic rings. The molecule has 0 fully saturated rings. The smallest absolute Gasteiger partial charge is 0.215 e. The van der Waals surface area contributed by atoms with Crippen LogP contribution in [0, 0.1) is 11.3 Å². The van der Waals surface area contributed by atoms with Crippen LogP contribution in [0.5, 0.6) is 5.88 Å². The van der Waals surface area contributed by atoms with Crippen molar-refractivity contribution in [1.29, 1.82) is 5.26 Å². The number of rotatable bonds is 4. The fraction of sp³-hybridized carbons (Fsp3) is 0.200. The SMILES string of the molecule is C=CCCOc1cc(C#N)cc(Cl)n1. The van der Waals surface area contributed by atoms with Crippen LogP contribution in [0.4, 0.5) is 0 Å². The Labute approximate surface area is 87.6 Å². The third-order valence-electron chi connectivity index (χ3n) is 1.47. The van der Waals surface area contributed by atoms with E-state index in [2.05, 4.69) is 11.6 Å². The van der Waals surface area contributed by atoms with E-state index in [1.54, 1.807) is 12.1 Å². The van der Waals surface area contributed by atoms with Crippen LogP contribution in [-0.2, 0) is 0 Å². The second-order valence-electron chi connectivity index (χ2n) is 2.55. The highest BCUT2D eigenvalue weighted by Gasteiger charge is 2.00. The zero-order chi connectivity index (χ0) is 10.4. The average Bonchev–Trinajstić information content (AvgIpc) is 2.17. The lowest BCUT2D eigenvalue weighted by atomic mass is 10.3. The Hall–Kier alpha value is -1.53. The standard InChI is InChI=1S/C10H9ClN2O/c1-2-3-4-14-10-6-8(7-12)5-9(11)13-10/h2,5-6H,1,3-4H2. The van der Waals surface area contributed by atoms with Crippen LogP contribution in [0.3, 0.4) is 0 Å². The monoisotopic (exact) mass is 208 g/mol. The predicted molar refractivity (Wildman–Crippen MR) is 54.3 cm³/mol. The number of hydrogen-bond donors (Lipinski definition) is 0. The molecule has 0 saturated carbocycles. The van der Waals surface area contributed by atoms with Crippen LogP contribution in [0.2, 0.25) is 5.15 Å². The first kappa shape index (κ1) is 10.6. The van der Waals surface area contributed by atoms with Crippen molar-refractivity contribution in [2.75, 3.05) is 6.61 Å². The molecule has 0 saturated heterocycles. The van der Waals surface area contributed by atoms with Gasteiger partial charge in [-0.25, -0.2) is 4.98 Å². The molecule has 0 radical (unpaired) electrons. The summed E-state index contributed by atoms with van der Waals surface area (Å²) in [5.41, 5.74) is 0.443. The third-order valence-corrected chi connectivity index (χ3v) is 1.67. The van der Waals surface area contributed by atoms with Gasteiger partial charge in [0.2, 0.25) is 5.88 Å². The number of aromatic nitrogens is 1. The van der Waals surface area contributed by atoms with Crippen LogP contribution in [0.1, 0.15) is 12.0 Å². The van der Waals surface area contributed by atoms with Gasteiger partial charge in [-0.3, -0.25) is 0 Å². The Morgan fingerprint density at radius 2 is 2.43 bits per heavy atom. The van der Waals surface area contributed by atoms with Crippen molar-refractivity contribution in [2.24, 2.45) is 0 Å². The first-order valence-corrected chi connectivity index (χ1v) is 4.45. The number of hydrogen-bond acceptors (Lipinski definition) is 3. The normalized spacial score (nSPS) is 9.14. The van der Waals surface area contributed by atoms with Gasteiger partial charge in [0.05, 0.1) is 18.2 Å². The van der Waals surface area contributed by atoms with E-state index in [0.717, 1.165) is 6.42 Å². The van der Waals surface area contributed by atoms with E-state index in [1.165, 1.54) is 6.07 Å². The molecule has 0 aliphatic heterocycles. The second-order valence-corrected chi connectivity index (χ2v) is 2.94. The average molecular weight is 209 g/mol. The van der Waals surface area contributed by atoms with Crippen LogP contribution in [-0.4, -0.2) is 11.6 Å². The summed E-state index contributed by atoms with van der Waals surface area (Å²) in [5, 5.41) is 8.91. The topological polar surface area (TPSA) is 45.9 Å². The summed E-state index contributed by atoms with van der Waals surface area (Å²) in [4.78, 5) is 3.91. The fourth-order valence-corrected chi connectivity index (χ4v) is 1.06. The molecule has 0 aromatic carbocycles. The molecule has 0 aliphatic carbocycles. The van der Waals surface area contributed by atoms with E-state index in [1.807, 2.05) is 6.07 Å². The maximum Gasteiger partial charge on any atom is 0.215 e. The lowest BCUT2D eigenvalue weighted by molar-refractivity contribution is 0.312. The Morgan fingerprint density at radius 1 is 1.64 bits per heavy atom. The lowest BCUT2D eigenvalue weighted by Gasteiger charge is -2.03. The van der Waals surface area contributed by atoms with Crippen LogP contribution in [0.15, 0.2) is 24.8 Å². The van der Waals surface area contributed by atoms with Gasteiger partial charge in [-0.2, -0.15) is 5.26 Å². The summed E-state index contributed by atoms with van der Waals surface area (Å²) < 4.78 is 5.25. The van der Waals surface area contributed by atoms with Gasteiger partial charge in [-0.1, -0.05) is 17.7 Å². The number of ether oxygens (including phenoxy) is 1. The first-order chi connectivity index (χ1) is 6.76. The zero-order valence-corrected chi connectivity index (χ0v) is 8.29. The summed E-state index contributed by atoms with van der Waals surface area (Å²) >= 11 is 5.68. The van der Waals surface area contributed by atoms with Crippen LogP contribution in [0.25, 0.3) is 0 Å². The molecule has 1 heterocycles. The Bertz CT molecular complexity index is 371. The molecule has 0 aliphatic rings.